The third kappa shape index (κ3) is 3.07. The van der Waals surface area contributed by atoms with Crippen LogP contribution in [0.3, 0.4) is 0 Å². The highest BCUT2D eigenvalue weighted by Crippen LogP contribution is 2.39. The van der Waals surface area contributed by atoms with Crippen molar-refractivity contribution in [3.63, 3.8) is 0 Å². The largest absolute Gasteiger partial charge is 0.329 e. The van der Waals surface area contributed by atoms with E-state index in [-0.39, 0.29) is 32.7 Å². The quantitative estimate of drug-likeness (QED) is 0.658. The summed E-state index contributed by atoms with van der Waals surface area (Å²) in [5.41, 5.74) is 5.33. The SMILES string of the molecule is CC1CCCN(S(=O)(=O)c2cc([N+](=O)[O-])c(Cl)s2)C1CN. The Balaban J connectivity index is 2.41. The van der Waals surface area contributed by atoms with E-state index in [0.717, 1.165) is 18.9 Å². The first-order valence-corrected chi connectivity index (χ1v) is 9.08. The Morgan fingerprint density at radius 1 is 1.62 bits per heavy atom. The summed E-state index contributed by atoms with van der Waals surface area (Å²) in [6.07, 6.45) is 1.66. The molecule has 1 aromatic rings. The zero-order chi connectivity index (χ0) is 15.8. The molecule has 0 amide bonds. The average molecular weight is 354 g/mol. The summed E-state index contributed by atoms with van der Waals surface area (Å²) in [6.45, 7) is 2.56. The first-order valence-electron chi connectivity index (χ1n) is 6.44. The van der Waals surface area contributed by atoms with Crippen LogP contribution in [0.15, 0.2) is 10.3 Å². The Hall–Kier alpha value is -0.740. The van der Waals surface area contributed by atoms with Crippen LogP contribution in [0.1, 0.15) is 19.8 Å². The van der Waals surface area contributed by atoms with Crippen LogP contribution in [0.5, 0.6) is 0 Å². The maximum atomic E-state index is 12.7. The molecule has 1 saturated heterocycles. The third-order valence-corrected chi connectivity index (χ3v) is 7.42. The van der Waals surface area contributed by atoms with E-state index in [1.807, 2.05) is 6.92 Å². The molecule has 1 aliphatic rings. The van der Waals surface area contributed by atoms with Crippen LogP contribution in [-0.4, -0.2) is 36.8 Å². The minimum atomic E-state index is -3.81. The van der Waals surface area contributed by atoms with Crippen molar-refractivity contribution in [1.82, 2.24) is 4.31 Å². The number of piperidine rings is 1. The van der Waals surface area contributed by atoms with Crippen molar-refractivity contribution in [3.05, 3.63) is 20.5 Å². The number of hydrogen-bond donors (Lipinski definition) is 1. The average Bonchev–Trinajstić information content (AvgIpc) is 2.81. The molecule has 10 heteroatoms. The lowest BCUT2D eigenvalue weighted by molar-refractivity contribution is -0.384. The molecule has 1 aliphatic heterocycles. The number of thiophene rings is 1. The summed E-state index contributed by atoms with van der Waals surface area (Å²) < 4.78 is 26.5. The number of nitrogens with zero attached hydrogens (tertiary/aromatic N) is 2. The molecule has 0 bridgehead atoms. The second-order valence-electron chi connectivity index (χ2n) is 5.02. The van der Waals surface area contributed by atoms with Gasteiger partial charge < -0.3 is 5.73 Å². The van der Waals surface area contributed by atoms with Gasteiger partial charge in [0, 0.05) is 25.2 Å². The number of nitro groups is 1. The fraction of sp³-hybridized carbons (Fsp3) is 0.636. The Kier molecular flexibility index (Phi) is 4.89. The van der Waals surface area contributed by atoms with Gasteiger partial charge >= 0.3 is 0 Å². The smallest absolute Gasteiger partial charge is 0.300 e. The van der Waals surface area contributed by atoms with Gasteiger partial charge in [0.25, 0.3) is 15.7 Å². The van der Waals surface area contributed by atoms with Gasteiger partial charge in [-0.3, -0.25) is 10.1 Å². The van der Waals surface area contributed by atoms with Gasteiger partial charge in [0.15, 0.2) is 4.34 Å². The topological polar surface area (TPSA) is 107 Å². The Morgan fingerprint density at radius 2 is 2.29 bits per heavy atom. The number of sulfonamides is 1. The zero-order valence-corrected chi connectivity index (χ0v) is 13.7. The lowest BCUT2D eigenvalue weighted by Gasteiger charge is -2.37. The second kappa shape index (κ2) is 6.17. The molecule has 0 radical (unpaired) electrons. The molecule has 0 aliphatic carbocycles. The van der Waals surface area contributed by atoms with Crippen molar-refractivity contribution in [1.29, 1.82) is 0 Å². The molecule has 2 heterocycles. The summed E-state index contributed by atoms with van der Waals surface area (Å²) in [7, 11) is -3.81. The van der Waals surface area contributed by atoms with E-state index in [2.05, 4.69) is 0 Å². The van der Waals surface area contributed by atoms with Crippen LogP contribution in [0.4, 0.5) is 5.69 Å². The maximum Gasteiger partial charge on any atom is 0.300 e. The lowest BCUT2D eigenvalue weighted by Crippen LogP contribution is -2.51. The van der Waals surface area contributed by atoms with Crippen LogP contribution >= 0.6 is 22.9 Å². The van der Waals surface area contributed by atoms with Gasteiger partial charge in [0.2, 0.25) is 0 Å². The molecular formula is C11H16ClN3O4S2. The summed E-state index contributed by atoms with van der Waals surface area (Å²) in [5, 5.41) is 10.8. The maximum absolute atomic E-state index is 12.7. The molecule has 1 fully saturated rings. The lowest BCUT2D eigenvalue weighted by atomic mass is 9.93. The number of halogens is 1. The molecule has 21 heavy (non-hydrogen) atoms. The van der Waals surface area contributed by atoms with Crippen molar-refractivity contribution in [3.8, 4) is 0 Å². The van der Waals surface area contributed by atoms with Crippen molar-refractivity contribution in [2.45, 2.75) is 30.0 Å². The van der Waals surface area contributed by atoms with Crippen LogP contribution in [-0.2, 0) is 10.0 Å². The fourth-order valence-corrected chi connectivity index (χ4v) is 6.13. The van der Waals surface area contributed by atoms with Crippen LogP contribution in [0.2, 0.25) is 4.34 Å². The van der Waals surface area contributed by atoms with Crippen LogP contribution in [0, 0.1) is 16.0 Å². The van der Waals surface area contributed by atoms with E-state index in [9.17, 15) is 18.5 Å². The van der Waals surface area contributed by atoms with Gasteiger partial charge in [0.1, 0.15) is 4.21 Å². The Morgan fingerprint density at radius 3 is 2.81 bits per heavy atom. The summed E-state index contributed by atoms with van der Waals surface area (Å²) in [4.78, 5) is 10.1. The number of hydrogen-bond acceptors (Lipinski definition) is 6. The molecule has 1 aromatic heterocycles. The molecule has 0 spiro atoms. The van der Waals surface area contributed by atoms with Crippen molar-refractivity contribution in [2.75, 3.05) is 13.1 Å². The highest BCUT2D eigenvalue weighted by Gasteiger charge is 2.38. The zero-order valence-electron chi connectivity index (χ0n) is 11.4. The molecular weight excluding hydrogens is 338 g/mol. The van der Waals surface area contributed by atoms with Crippen LogP contribution < -0.4 is 5.73 Å². The number of rotatable bonds is 4. The summed E-state index contributed by atoms with van der Waals surface area (Å²) in [6, 6.07) is 0.735. The molecule has 7 nitrogen and oxygen atoms in total. The normalized spacial score (nSPS) is 24.1. The van der Waals surface area contributed by atoms with Gasteiger partial charge in [-0.15, -0.1) is 11.3 Å². The predicted molar refractivity (Wildman–Crippen MR) is 81.1 cm³/mol. The fourth-order valence-electron chi connectivity index (χ4n) is 2.57. The predicted octanol–water partition coefficient (Wildman–Crippen LogP) is 2.06. The molecule has 2 unspecified atom stereocenters. The van der Waals surface area contributed by atoms with E-state index in [1.54, 1.807) is 0 Å². The Bertz CT molecular complexity index is 646. The second-order valence-corrected chi connectivity index (χ2v) is 8.79. The standard InChI is InChI=1S/C11H16ClN3O4S2/c1-7-3-2-4-14(9(7)6-13)21(18,19)10-5-8(15(16)17)11(12)20-10/h5,7,9H,2-4,6,13H2,1H3. The molecule has 2 rings (SSSR count). The van der Waals surface area contributed by atoms with Crippen molar-refractivity contribution >= 4 is 38.6 Å². The highest BCUT2D eigenvalue weighted by molar-refractivity contribution is 7.91. The molecule has 0 aromatic carbocycles. The van der Waals surface area contributed by atoms with E-state index >= 15 is 0 Å². The van der Waals surface area contributed by atoms with E-state index < -0.39 is 14.9 Å². The molecule has 2 N–H and O–H groups in total. The highest BCUT2D eigenvalue weighted by atomic mass is 35.5. The van der Waals surface area contributed by atoms with Gasteiger partial charge in [-0.1, -0.05) is 18.5 Å². The van der Waals surface area contributed by atoms with Crippen molar-refractivity contribution in [2.24, 2.45) is 11.7 Å². The van der Waals surface area contributed by atoms with Gasteiger partial charge in [0.05, 0.1) is 4.92 Å². The third-order valence-electron chi connectivity index (χ3n) is 3.71. The first-order chi connectivity index (χ1) is 9.78. The van der Waals surface area contributed by atoms with Gasteiger partial charge in [-0.2, -0.15) is 4.31 Å². The minimum absolute atomic E-state index is 0.105. The molecule has 2 atom stereocenters. The summed E-state index contributed by atoms with van der Waals surface area (Å²) >= 11 is 6.46. The van der Waals surface area contributed by atoms with Crippen molar-refractivity contribution < 1.29 is 13.3 Å². The van der Waals surface area contributed by atoms with Gasteiger partial charge in [-0.25, -0.2) is 8.42 Å². The number of nitrogens with two attached hydrogens (primary N) is 1. The van der Waals surface area contributed by atoms with Gasteiger partial charge in [-0.05, 0) is 18.8 Å². The van der Waals surface area contributed by atoms with E-state index in [1.165, 1.54) is 4.31 Å². The summed E-state index contributed by atoms with van der Waals surface area (Å²) in [5.74, 6) is 0.156. The Labute approximate surface area is 131 Å². The van der Waals surface area contributed by atoms with E-state index in [4.69, 9.17) is 17.3 Å². The molecule has 118 valence electrons. The first kappa shape index (κ1) is 16.6. The van der Waals surface area contributed by atoms with E-state index in [0.29, 0.717) is 17.9 Å². The monoisotopic (exact) mass is 353 g/mol. The molecule has 0 saturated carbocycles. The minimum Gasteiger partial charge on any atom is -0.329 e. The van der Waals surface area contributed by atoms with Crippen LogP contribution in [0.25, 0.3) is 0 Å².